The van der Waals surface area contributed by atoms with E-state index >= 15 is 0 Å². The molecule has 4 aromatic rings. The third-order valence-electron chi connectivity index (χ3n) is 4.38. The third-order valence-corrected chi connectivity index (χ3v) is 4.38. The van der Waals surface area contributed by atoms with Crippen LogP contribution in [0.25, 0.3) is 11.4 Å². The molecule has 0 radical (unpaired) electrons. The molecule has 6 rings (SSSR count). The van der Waals surface area contributed by atoms with Crippen LogP contribution < -0.4 is 0 Å². The number of ether oxygens (including phenoxy) is 2. The van der Waals surface area contributed by atoms with Gasteiger partial charge in [-0.2, -0.15) is 0 Å². The van der Waals surface area contributed by atoms with Crippen LogP contribution in [-0.4, -0.2) is 53.6 Å². The molecule has 4 heterocycles. The lowest BCUT2D eigenvalue weighted by Gasteiger charge is -2.00. The smallest absolute Gasteiger partial charge is 0.143 e. The molecule has 0 amide bonds. The van der Waals surface area contributed by atoms with Gasteiger partial charge in [0, 0.05) is 0 Å². The molecule has 2 atom stereocenters. The first-order valence-corrected chi connectivity index (χ1v) is 8.77. The molecule has 10 nitrogen and oxygen atoms in total. The molecule has 0 bridgehead atoms. The minimum atomic E-state index is 0.270. The van der Waals surface area contributed by atoms with Gasteiger partial charge in [0.05, 0.1) is 24.6 Å². The molecule has 2 aliphatic rings. The summed E-state index contributed by atoms with van der Waals surface area (Å²) >= 11 is 0. The van der Waals surface area contributed by atoms with Crippen molar-refractivity contribution in [2.45, 2.75) is 12.2 Å². The summed E-state index contributed by atoms with van der Waals surface area (Å²) < 4.78 is 13.7. The van der Waals surface area contributed by atoms with Crippen LogP contribution in [0.2, 0.25) is 0 Å². The van der Waals surface area contributed by atoms with E-state index in [9.17, 15) is 0 Å². The number of rotatable bonds is 4. The van der Waals surface area contributed by atoms with Gasteiger partial charge in [-0.05, 0) is 56.2 Å². The number of nitrogens with zero attached hydrogens (tertiary/aromatic N) is 8. The average Bonchev–Trinajstić information content (AvgIpc) is 3.67. The Balaban J connectivity index is 0.000000122. The molecule has 2 saturated heterocycles. The lowest BCUT2D eigenvalue weighted by molar-refractivity contribution is 0.415. The molecule has 0 aliphatic carbocycles. The molecule has 0 N–H and O–H groups in total. The molecule has 10 heteroatoms. The Morgan fingerprint density at radius 2 is 1.18 bits per heavy atom. The van der Waals surface area contributed by atoms with Gasteiger partial charge in [0.15, 0.2) is 0 Å². The van der Waals surface area contributed by atoms with E-state index in [4.69, 9.17) is 9.47 Å². The molecule has 0 unspecified atom stereocenters. The fraction of sp³-hybridized carbons (Fsp3) is 0.222. The Bertz CT molecular complexity index is 957. The first-order chi connectivity index (χ1) is 13.9. The molecule has 28 heavy (non-hydrogen) atoms. The van der Waals surface area contributed by atoms with E-state index in [1.165, 1.54) is 11.1 Å². The summed E-state index contributed by atoms with van der Waals surface area (Å²) in [7, 11) is 0. The van der Waals surface area contributed by atoms with Crippen LogP contribution >= 0.6 is 0 Å². The second-order valence-corrected chi connectivity index (χ2v) is 6.34. The summed E-state index contributed by atoms with van der Waals surface area (Å²) in [5, 5.41) is 22.0. The monoisotopic (exact) mass is 376 g/mol. The van der Waals surface area contributed by atoms with Gasteiger partial charge in [0.1, 0.15) is 24.9 Å². The quantitative estimate of drug-likeness (QED) is 0.492. The number of hydrogen-bond acceptors (Lipinski definition) is 8. The molecule has 0 spiro atoms. The molecular formula is C18H16N8O2. The summed E-state index contributed by atoms with van der Waals surface area (Å²) in [6, 6.07) is 16.0. The maximum atomic E-state index is 5.21. The lowest BCUT2D eigenvalue weighted by atomic mass is 10.1. The number of tetrazole rings is 2. The van der Waals surface area contributed by atoms with Gasteiger partial charge in [-0.15, -0.1) is 10.2 Å². The van der Waals surface area contributed by atoms with Crippen LogP contribution in [0.4, 0.5) is 0 Å². The molecule has 2 aliphatic heterocycles. The molecule has 2 fully saturated rings. The van der Waals surface area contributed by atoms with Gasteiger partial charge < -0.3 is 9.47 Å². The van der Waals surface area contributed by atoms with Crippen LogP contribution in [0, 0.1) is 0 Å². The minimum Gasteiger partial charge on any atom is -0.368 e. The SMILES string of the molecule is c1cc([C@@H]2CO2)cc(-n2cnnn2)c1.c1cc([C@H]2CO2)cc(-n2cnnn2)c1. The predicted octanol–water partition coefficient (Wildman–Crippen LogP) is 1.47. The van der Waals surface area contributed by atoms with E-state index in [-0.39, 0.29) is 12.2 Å². The third kappa shape index (κ3) is 3.77. The van der Waals surface area contributed by atoms with Crippen LogP contribution in [0.5, 0.6) is 0 Å². The van der Waals surface area contributed by atoms with Crippen molar-refractivity contribution < 1.29 is 9.47 Å². The van der Waals surface area contributed by atoms with Crippen LogP contribution in [0.1, 0.15) is 23.3 Å². The van der Waals surface area contributed by atoms with Gasteiger partial charge in [-0.3, -0.25) is 0 Å². The fourth-order valence-corrected chi connectivity index (χ4v) is 2.78. The number of hydrogen-bond donors (Lipinski definition) is 0. The van der Waals surface area contributed by atoms with Crippen molar-refractivity contribution >= 4 is 0 Å². The van der Waals surface area contributed by atoms with Crippen molar-refractivity contribution in [2.24, 2.45) is 0 Å². The number of benzene rings is 2. The molecule has 2 aromatic heterocycles. The standard InChI is InChI=1S/2C9H8N4O/c2*1-2-7(9-5-14-9)4-8(3-1)13-6-10-11-12-13/h2*1-4,6,9H,5H2/t2*9-/m10/s1. The summed E-state index contributed by atoms with van der Waals surface area (Å²) in [6.07, 6.45) is 3.69. The Hall–Kier alpha value is -3.50. The molecule has 2 aromatic carbocycles. The average molecular weight is 376 g/mol. The van der Waals surface area contributed by atoms with Crippen LogP contribution in [-0.2, 0) is 9.47 Å². The zero-order valence-electron chi connectivity index (χ0n) is 14.7. The van der Waals surface area contributed by atoms with Gasteiger partial charge in [-0.1, -0.05) is 24.3 Å². The summed E-state index contributed by atoms with van der Waals surface area (Å²) in [6.45, 7) is 1.64. The Morgan fingerprint density at radius 3 is 1.54 bits per heavy atom. The van der Waals surface area contributed by atoms with Crippen LogP contribution in [0.3, 0.4) is 0 Å². The van der Waals surface area contributed by atoms with Gasteiger partial charge in [-0.25, -0.2) is 9.36 Å². The zero-order valence-corrected chi connectivity index (χ0v) is 14.7. The maximum Gasteiger partial charge on any atom is 0.143 e. The first kappa shape index (κ1) is 16.7. The number of aromatic nitrogens is 8. The highest BCUT2D eigenvalue weighted by Crippen LogP contribution is 2.31. The molecular weight excluding hydrogens is 360 g/mol. The molecule has 140 valence electrons. The second-order valence-electron chi connectivity index (χ2n) is 6.34. The highest BCUT2D eigenvalue weighted by Gasteiger charge is 2.25. The Labute approximate surface area is 159 Å². The van der Waals surface area contributed by atoms with Crippen molar-refractivity contribution in [1.82, 2.24) is 40.4 Å². The second kappa shape index (κ2) is 7.25. The topological polar surface area (TPSA) is 112 Å². The van der Waals surface area contributed by atoms with E-state index < -0.39 is 0 Å². The van der Waals surface area contributed by atoms with Crippen molar-refractivity contribution in [2.75, 3.05) is 13.2 Å². The highest BCUT2D eigenvalue weighted by atomic mass is 16.6. The fourth-order valence-electron chi connectivity index (χ4n) is 2.78. The minimum absolute atomic E-state index is 0.270. The van der Waals surface area contributed by atoms with E-state index in [0.29, 0.717) is 0 Å². The first-order valence-electron chi connectivity index (χ1n) is 8.77. The van der Waals surface area contributed by atoms with Gasteiger partial charge in [0.25, 0.3) is 0 Å². The predicted molar refractivity (Wildman–Crippen MR) is 95.7 cm³/mol. The van der Waals surface area contributed by atoms with Crippen molar-refractivity contribution in [3.05, 3.63) is 72.3 Å². The highest BCUT2D eigenvalue weighted by molar-refractivity contribution is 5.37. The summed E-state index contributed by atoms with van der Waals surface area (Å²) in [5.74, 6) is 0. The van der Waals surface area contributed by atoms with Crippen molar-refractivity contribution in [3.63, 3.8) is 0 Å². The maximum absolute atomic E-state index is 5.21. The largest absolute Gasteiger partial charge is 0.368 e. The number of epoxide rings is 2. The normalized spacial score (nSPS) is 19.6. The summed E-state index contributed by atoms with van der Waals surface area (Å²) in [5.41, 5.74) is 4.28. The van der Waals surface area contributed by atoms with E-state index in [1.807, 2.05) is 48.5 Å². The summed E-state index contributed by atoms with van der Waals surface area (Å²) in [4.78, 5) is 0. The van der Waals surface area contributed by atoms with Crippen molar-refractivity contribution in [3.8, 4) is 11.4 Å². The van der Waals surface area contributed by atoms with E-state index in [0.717, 1.165) is 24.6 Å². The zero-order chi connectivity index (χ0) is 18.8. The van der Waals surface area contributed by atoms with E-state index in [2.05, 4.69) is 31.1 Å². The lowest BCUT2D eigenvalue weighted by Crippen LogP contribution is -1.95. The van der Waals surface area contributed by atoms with Gasteiger partial charge >= 0.3 is 0 Å². The molecule has 0 saturated carbocycles. The Morgan fingerprint density at radius 1 is 0.714 bits per heavy atom. The van der Waals surface area contributed by atoms with Gasteiger partial charge in [0.2, 0.25) is 0 Å². The van der Waals surface area contributed by atoms with Crippen LogP contribution in [0.15, 0.2) is 61.2 Å². The van der Waals surface area contributed by atoms with Crippen molar-refractivity contribution in [1.29, 1.82) is 0 Å². The van der Waals surface area contributed by atoms with E-state index in [1.54, 1.807) is 22.0 Å². The Kier molecular flexibility index (Phi) is 4.31.